The van der Waals surface area contributed by atoms with E-state index in [4.69, 9.17) is 21.8 Å². The molecule has 24 heavy (non-hydrogen) atoms. The van der Waals surface area contributed by atoms with E-state index >= 15 is 0 Å². The van der Waals surface area contributed by atoms with Crippen molar-refractivity contribution < 1.29 is 37.8 Å². The molecule has 0 heterocycles. The lowest BCUT2D eigenvalue weighted by atomic mass is 10.1. The van der Waals surface area contributed by atoms with Crippen LogP contribution in [-0.4, -0.2) is 44.6 Å². The second-order valence-electron chi connectivity index (χ2n) is 4.21. The second-order valence-corrected chi connectivity index (χ2v) is 5.48. The molecule has 130 valence electrons. The van der Waals surface area contributed by atoms with E-state index in [-0.39, 0.29) is 0 Å². The van der Waals surface area contributed by atoms with E-state index in [2.05, 4.69) is 4.99 Å². The molecule has 1 aromatic rings. The smallest absolute Gasteiger partial charge is 0.324 e. The fraction of sp³-hybridized carbons (Fsp3) is 0.231. The summed E-state index contributed by atoms with van der Waals surface area (Å²) >= 11 is 5.68. The summed E-state index contributed by atoms with van der Waals surface area (Å²) in [6.07, 6.45) is 0. The summed E-state index contributed by atoms with van der Waals surface area (Å²) in [6, 6.07) is 1.25. The number of Topliss-reactive ketones (excluding diaryl/α,β-unsaturated/α-hetero) is 1. The molecule has 1 aromatic carbocycles. The van der Waals surface area contributed by atoms with Gasteiger partial charge in [0.25, 0.3) is 0 Å². The summed E-state index contributed by atoms with van der Waals surface area (Å²) < 4.78 is 39.7. The predicted octanol–water partition coefficient (Wildman–Crippen LogP) is 2.46. The van der Waals surface area contributed by atoms with Gasteiger partial charge in [0, 0.05) is 0 Å². The summed E-state index contributed by atoms with van der Waals surface area (Å²) in [7, 11) is 0. The molecule has 0 atom stereocenters. The highest BCUT2D eigenvalue weighted by atomic mass is 35.5. The lowest BCUT2D eigenvalue weighted by molar-refractivity contribution is -0.150. The third-order valence-electron chi connectivity index (χ3n) is 2.52. The van der Waals surface area contributed by atoms with Crippen molar-refractivity contribution in [2.75, 3.05) is 11.6 Å². The third-order valence-corrected chi connectivity index (χ3v) is 3.90. The molecule has 1 rings (SSSR count). The Bertz CT molecular complexity index is 699. The number of nitrogens with zero attached hydrogens (tertiary/aromatic N) is 1. The van der Waals surface area contributed by atoms with Crippen LogP contribution in [0.3, 0.4) is 0 Å². The largest absolute Gasteiger partial charge is 0.480 e. The monoisotopic (exact) mass is 383 g/mol. The highest BCUT2D eigenvalue weighted by Crippen LogP contribution is 2.26. The molecule has 11 heteroatoms. The van der Waals surface area contributed by atoms with Gasteiger partial charge in [0.15, 0.2) is 23.2 Å². The van der Waals surface area contributed by atoms with Gasteiger partial charge in [-0.3, -0.25) is 14.4 Å². The van der Waals surface area contributed by atoms with Gasteiger partial charge in [-0.15, -0.1) is 23.4 Å². The zero-order valence-electron chi connectivity index (χ0n) is 11.6. The molecule has 0 unspecified atom stereocenters. The molecule has 6 nitrogen and oxygen atoms in total. The molecule has 0 spiro atoms. The van der Waals surface area contributed by atoms with Crippen LogP contribution in [0.25, 0.3) is 0 Å². The van der Waals surface area contributed by atoms with Gasteiger partial charge < -0.3 is 10.2 Å². The first-order chi connectivity index (χ1) is 11.2. The van der Waals surface area contributed by atoms with Gasteiger partial charge in [-0.2, -0.15) is 0 Å². The lowest BCUT2D eigenvalue weighted by Crippen LogP contribution is -2.30. The quantitative estimate of drug-likeness (QED) is 0.246. The van der Waals surface area contributed by atoms with E-state index in [1.54, 1.807) is 0 Å². The van der Waals surface area contributed by atoms with Crippen molar-refractivity contribution in [3.05, 3.63) is 29.6 Å². The van der Waals surface area contributed by atoms with Gasteiger partial charge in [-0.1, -0.05) is 0 Å². The lowest BCUT2D eigenvalue weighted by Gasteiger charge is -2.11. The van der Waals surface area contributed by atoms with Gasteiger partial charge >= 0.3 is 11.9 Å². The zero-order valence-corrected chi connectivity index (χ0v) is 13.2. The number of benzene rings is 1. The van der Waals surface area contributed by atoms with Gasteiger partial charge in [-0.25, -0.2) is 18.2 Å². The van der Waals surface area contributed by atoms with Crippen molar-refractivity contribution in [2.24, 2.45) is 10.9 Å². The highest BCUT2D eigenvalue weighted by molar-refractivity contribution is 8.14. The van der Waals surface area contributed by atoms with Crippen LogP contribution in [0.2, 0.25) is 0 Å². The standard InChI is InChI=1S/C13H9ClF3NO5S/c14-3-5(19)4-24-11(8(12(20)21)13(22)23)18-7-2-1-6(15)9(16)10(7)17/h1-2,8H,3-4H2,(H,20,21)(H,22,23). The van der Waals surface area contributed by atoms with E-state index in [1.807, 2.05) is 0 Å². The number of hydrogen-bond acceptors (Lipinski definition) is 5. The Morgan fingerprint density at radius 3 is 2.21 bits per heavy atom. The molecule has 0 bridgehead atoms. The molecule has 0 radical (unpaired) electrons. The molecule has 0 aliphatic rings. The number of carbonyl (C=O) groups excluding carboxylic acids is 1. The van der Waals surface area contributed by atoms with Crippen LogP contribution in [0.5, 0.6) is 0 Å². The molecule has 0 saturated carbocycles. The first-order valence-electron chi connectivity index (χ1n) is 6.07. The average Bonchev–Trinajstić information content (AvgIpc) is 2.51. The Labute approximate surface area is 142 Å². The van der Waals surface area contributed by atoms with Crippen molar-refractivity contribution in [1.82, 2.24) is 0 Å². The Balaban J connectivity index is 3.35. The summed E-state index contributed by atoms with van der Waals surface area (Å²) in [5.41, 5.74) is -0.803. The van der Waals surface area contributed by atoms with Crippen molar-refractivity contribution in [3.8, 4) is 0 Å². The topological polar surface area (TPSA) is 104 Å². The number of aliphatic carboxylic acids is 2. The van der Waals surface area contributed by atoms with Crippen molar-refractivity contribution >= 4 is 51.8 Å². The van der Waals surface area contributed by atoms with Crippen molar-refractivity contribution in [3.63, 3.8) is 0 Å². The number of hydrogen-bond donors (Lipinski definition) is 2. The van der Waals surface area contributed by atoms with Crippen LogP contribution in [0, 0.1) is 23.4 Å². The first-order valence-corrected chi connectivity index (χ1v) is 7.59. The summed E-state index contributed by atoms with van der Waals surface area (Å²) in [5.74, 6) is -12.3. The number of aliphatic imine (C=N–C) groups is 1. The average molecular weight is 384 g/mol. The number of thioether (sulfide) groups is 1. The summed E-state index contributed by atoms with van der Waals surface area (Å²) in [5, 5.41) is 17.3. The summed E-state index contributed by atoms with van der Waals surface area (Å²) in [4.78, 5) is 36.8. The van der Waals surface area contributed by atoms with Crippen LogP contribution in [0.1, 0.15) is 0 Å². The van der Waals surface area contributed by atoms with E-state index in [9.17, 15) is 27.6 Å². The number of carbonyl (C=O) groups is 3. The molecular weight excluding hydrogens is 375 g/mol. The van der Waals surface area contributed by atoms with E-state index in [0.717, 1.165) is 0 Å². The van der Waals surface area contributed by atoms with Crippen LogP contribution in [0.15, 0.2) is 17.1 Å². The van der Waals surface area contributed by atoms with Crippen LogP contribution < -0.4 is 0 Å². The molecule has 0 fully saturated rings. The molecule has 2 N–H and O–H groups in total. The molecular formula is C13H9ClF3NO5S. The third kappa shape index (κ3) is 4.96. The first kappa shape index (κ1) is 20.0. The Morgan fingerprint density at radius 2 is 1.71 bits per heavy atom. The fourth-order valence-electron chi connectivity index (χ4n) is 1.41. The second kappa shape index (κ2) is 8.69. The van der Waals surface area contributed by atoms with Gasteiger partial charge in [0.05, 0.1) is 11.6 Å². The SMILES string of the molecule is O=C(CCl)CSC(=Nc1ccc(F)c(F)c1F)C(C(=O)O)C(=O)O. The minimum absolute atomic E-state index is 0.404. The number of alkyl halides is 1. The van der Waals surface area contributed by atoms with Crippen LogP contribution >= 0.6 is 23.4 Å². The number of halogens is 4. The maximum atomic E-state index is 13.6. The Morgan fingerprint density at radius 1 is 1.12 bits per heavy atom. The number of rotatable bonds is 7. The van der Waals surface area contributed by atoms with Gasteiger partial charge in [-0.05, 0) is 12.1 Å². The molecule has 0 aliphatic carbocycles. The minimum atomic E-state index is -2.22. The number of carboxylic acid groups (broad SMARTS) is 2. The predicted molar refractivity (Wildman–Crippen MR) is 80.4 cm³/mol. The Kier molecular flexibility index (Phi) is 7.23. The molecule has 0 amide bonds. The summed E-state index contributed by atoms with van der Waals surface area (Å²) in [6.45, 7) is 0. The minimum Gasteiger partial charge on any atom is -0.480 e. The molecule has 0 saturated heterocycles. The van der Waals surface area contributed by atoms with E-state index < -0.39 is 63.5 Å². The van der Waals surface area contributed by atoms with E-state index in [1.165, 1.54) is 0 Å². The normalized spacial score (nSPS) is 11.6. The van der Waals surface area contributed by atoms with Crippen molar-refractivity contribution in [1.29, 1.82) is 0 Å². The zero-order chi connectivity index (χ0) is 18.4. The fourth-order valence-corrected chi connectivity index (χ4v) is 2.56. The van der Waals surface area contributed by atoms with Crippen LogP contribution in [-0.2, 0) is 14.4 Å². The molecule has 0 aliphatic heterocycles. The number of carboxylic acids is 2. The van der Waals surface area contributed by atoms with E-state index in [0.29, 0.717) is 23.9 Å². The van der Waals surface area contributed by atoms with Crippen molar-refractivity contribution in [2.45, 2.75) is 0 Å². The van der Waals surface area contributed by atoms with Gasteiger partial charge in [0.2, 0.25) is 5.92 Å². The van der Waals surface area contributed by atoms with Crippen LogP contribution in [0.4, 0.5) is 18.9 Å². The number of ketones is 1. The Hall–Kier alpha value is -2.07. The maximum Gasteiger partial charge on any atom is 0.324 e. The molecule has 0 aromatic heterocycles. The maximum absolute atomic E-state index is 13.6. The van der Waals surface area contributed by atoms with Gasteiger partial charge in [0.1, 0.15) is 10.7 Å². The highest BCUT2D eigenvalue weighted by Gasteiger charge is 2.33.